The third-order valence-electron chi connectivity index (χ3n) is 4.70. The Morgan fingerprint density at radius 1 is 1.03 bits per heavy atom. The van der Waals surface area contributed by atoms with E-state index in [0.717, 1.165) is 34.0 Å². The normalized spacial score (nSPS) is 10.6. The van der Waals surface area contributed by atoms with E-state index in [2.05, 4.69) is 41.5 Å². The lowest BCUT2D eigenvalue weighted by molar-refractivity contribution is -0.118. The van der Waals surface area contributed by atoms with Crippen molar-refractivity contribution >= 4 is 17.7 Å². The highest BCUT2D eigenvalue weighted by atomic mass is 32.2. The SMILES string of the molecule is COc1ccccc1CCNC(=O)CSc1ccc(-c2ccc(C)c(C)c2)nn1. The number of methoxy groups -OCH3 is 1. The van der Waals surface area contributed by atoms with Crippen LogP contribution in [0, 0.1) is 13.8 Å². The van der Waals surface area contributed by atoms with Gasteiger partial charge in [0.25, 0.3) is 0 Å². The molecule has 0 aliphatic rings. The molecule has 29 heavy (non-hydrogen) atoms. The molecule has 5 nitrogen and oxygen atoms in total. The Hall–Kier alpha value is -2.86. The van der Waals surface area contributed by atoms with Gasteiger partial charge in [-0.15, -0.1) is 10.2 Å². The highest BCUT2D eigenvalue weighted by Crippen LogP contribution is 2.22. The van der Waals surface area contributed by atoms with Crippen LogP contribution in [0.1, 0.15) is 16.7 Å². The van der Waals surface area contributed by atoms with E-state index in [9.17, 15) is 4.79 Å². The molecule has 0 saturated heterocycles. The van der Waals surface area contributed by atoms with Crippen molar-refractivity contribution in [2.45, 2.75) is 25.3 Å². The second-order valence-electron chi connectivity index (χ2n) is 6.76. The van der Waals surface area contributed by atoms with Gasteiger partial charge in [0.15, 0.2) is 0 Å². The number of nitrogens with one attached hydrogen (secondary N) is 1. The highest BCUT2D eigenvalue weighted by Gasteiger charge is 2.07. The number of carbonyl (C=O) groups is 1. The zero-order valence-electron chi connectivity index (χ0n) is 16.9. The predicted octanol–water partition coefficient (Wildman–Crippen LogP) is 4.22. The van der Waals surface area contributed by atoms with Gasteiger partial charge in [0, 0.05) is 12.1 Å². The minimum Gasteiger partial charge on any atom is -0.496 e. The summed E-state index contributed by atoms with van der Waals surface area (Å²) in [7, 11) is 1.65. The molecule has 0 atom stereocenters. The number of ether oxygens (including phenoxy) is 1. The molecule has 1 aromatic heterocycles. The summed E-state index contributed by atoms with van der Waals surface area (Å²) < 4.78 is 5.33. The number of carbonyl (C=O) groups excluding carboxylic acids is 1. The second-order valence-corrected chi connectivity index (χ2v) is 7.75. The second kappa shape index (κ2) is 10.1. The third kappa shape index (κ3) is 5.81. The van der Waals surface area contributed by atoms with Crippen LogP contribution in [0.15, 0.2) is 59.6 Å². The van der Waals surface area contributed by atoms with Crippen LogP contribution in [0.4, 0.5) is 0 Å². The molecule has 0 unspecified atom stereocenters. The van der Waals surface area contributed by atoms with Crippen molar-refractivity contribution in [2.75, 3.05) is 19.4 Å². The Kier molecular flexibility index (Phi) is 7.25. The van der Waals surface area contributed by atoms with E-state index in [4.69, 9.17) is 4.74 Å². The summed E-state index contributed by atoms with van der Waals surface area (Å²) in [4.78, 5) is 12.1. The van der Waals surface area contributed by atoms with E-state index in [1.54, 1.807) is 7.11 Å². The van der Waals surface area contributed by atoms with Crippen LogP contribution in [-0.2, 0) is 11.2 Å². The number of benzene rings is 2. The summed E-state index contributed by atoms with van der Waals surface area (Å²) in [5.41, 5.74) is 5.44. The first-order valence-electron chi connectivity index (χ1n) is 9.49. The molecule has 0 saturated carbocycles. The molecule has 0 aliphatic carbocycles. The zero-order valence-corrected chi connectivity index (χ0v) is 17.8. The lowest BCUT2D eigenvalue weighted by atomic mass is 10.0. The van der Waals surface area contributed by atoms with E-state index in [1.807, 2.05) is 42.5 Å². The molecule has 3 rings (SSSR count). The van der Waals surface area contributed by atoms with E-state index in [1.165, 1.54) is 22.9 Å². The monoisotopic (exact) mass is 407 g/mol. The first-order valence-corrected chi connectivity index (χ1v) is 10.5. The number of nitrogens with zero attached hydrogens (tertiary/aromatic N) is 2. The maximum absolute atomic E-state index is 12.1. The molecule has 2 aromatic carbocycles. The maximum Gasteiger partial charge on any atom is 0.230 e. The van der Waals surface area contributed by atoms with Crippen molar-refractivity contribution < 1.29 is 9.53 Å². The molecule has 0 fully saturated rings. The minimum atomic E-state index is -0.0232. The van der Waals surface area contributed by atoms with Crippen molar-refractivity contribution in [3.05, 3.63) is 71.3 Å². The Morgan fingerprint density at radius 2 is 1.86 bits per heavy atom. The summed E-state index contributed by atoms with van der Waals surface area (Å²) in [6.45, 7) is 4.74. The van der Waals surface area contributed by atoms with Gasteiger partial charge in [0.2, 0.25) is 5.91 Å². The number of hydrogen-bond donors (Lipinski definition) is 1. The van der Waals surface area contributed by atoms with Gasteiger partial charge in [0.1, 0.15) is 10.8 Å². The first kappa shape index (κ1) is 20.9. The number of aromatic nitrogens is 2. The Labute approximate surface area is 175 Å². The van der Waals surface area contributed by atoms with Gasteiger partial charge in [-0.05, 0) is 61.2 Å². The predicted molar refractivity (Wildman–Crippen MR) is 117 cm³/mol. The van der Waals surface area contributed by atoms with Crippen LogP contribution in [0.25, 0.3) is 11.3 Å². The molecule has 3 aromatic rings. The molecule has 0 radical (unpaired) electrons. The quantitative estimate of drug-likeness (QED) is 0.567. The number of amides is 1. The number of hydrogen-bond acceptors (Lipinski definition) is 5. The van der Waals surface area contributed by atoms with E-state index in [0.29, 0.717) is 12.3 Å². The topological polar surface area (TPSA) is 64.1 Å². The van der Waals surface area contributed by atoms with Gasteiger partial charge in [0.05, 0.1) is 18.6 Å². The molecule has 0 bridgehead atoms. The highest BCUT2D eigenvalue weighted by molar-refractivity contribution is 7.99. The van der Waals surface area contributed by atoms with Crippen LogP contribution in [-0.4, -0.2) is 35.5 Å². The average Bonchev–Trinajstić information content (AvgIpc) is 2.75. The summed E-state index contributed by atoms with van der Waals surface area (Å²) >= 11 is 1.38. The van der Waals surface area contributed by atoms with Crippen molar-refractivity contribution in [2.24, 2.45) is 0 Å². The fraction of sp³-hybridized carbons (Fsp3) is 0.261. The molecule has 150 valence electrons. The summed E-state index contributed by atoms with van der Waals surface area (Å²) in [6, 6.07) is 17.9. The molecule has 0 spiro atoms. The smallest absolute Gasteiger partial charge is 0.230 e. The minimum absolute atomic E-state index is 0.0232. The van der Waals surface area contributed by atoms with Gasteiger partial charge in [-0.3, -0.25) is 4.79 Å². The Bertz CT molecular complexity index is 974. The maximum atomic E-state index is 12.1. The number of rotatable bonds is 8. The van der Waals surface area contributed by atoms with Crippen molar-refractivity contribution in [3.63, 3.8) is 0 Å². The number of aryl methyl sites for hydroxylation is 2. The van der Waals surface area contributed by atoms with Gasteiger partial charge in [-0.25, -0.2) is 0 Å². The number of thioether (sulfide) groups is 1. The fourth-order valence-electron chi connectivity index (χ4n) is 2.89. The molecule has 1 amide bonds. The summed E-state index contributed by atoms with van der Waals surface area (Å²) in [5.74, 6) is 1.13. The van der Waals surface area contributed by atoms with Crippen LogP contribution in [0.3, 0.4) is 0 Å². The van der Waals surface area contributed by atoms with Gasteiger partial charge < -0.3 is 10.1 Å². The van der Waals surface area contributed by atoms with Crippen molar-refractivity contribution in [1.29, 1.82) is 0 Å². The van der Waals surface area contributed by atoms with Crippen LogP contribution in [0.5, 0.6) is 5.75 Å². The fourth-order valence-corrected chi connectivity index (χ4v) is 3.53. The standard InChI is InChI=1S/C23H25N3O2S/c1-16-8-9-19(14-17(16)2)20-10-11-23(26-25-20)29-15-22(27)24-13-12-18-6-4-5-7-21(18)28-3/h4-11,14H,12-13,15H2,1-3H3,(H,24,27). The summed E-state index contributed by atoms with van der Waals surface area (Å²) in [5, 5.41) is 12.2. The molecular formula is C23H25N3O2S. The van der Waals surface area contributed by atoms with Crippen molar-refractivity contribution in [3.8, 4) is 17.0 Å². The molecule has 1 N–H and O–H groups in total. The summed E-state index contributed by atoms with van der Waals surface area (Å²) in [6.07, 6.45) is 0.727. The van der Waals surface area contributed by atoms with E-state index in [-0.39, 0.29) is 5.91 Å². The number of para-hydroxylation sites is 1. The van der Waals surface area contributed by atoms with Crippen LogP contribution < -0.4 is 10.1 Å². The molecule has 0 aliphatic heterocycles. The lowest BCUT2D eigenvalue weighted by Gasteiger charge is -2.09. The molecular weight excluding hydrogens is 382 g/mol. The molecule has 1 heterocycles. The lowest BCUT2D eigenvalue weighted by Crippen LogP contribution is -2.27. The van der Waals surface area contributed by atoms with Crippen molar-refractivity contribution in [1.82, 2.24) is 15.5 Å². The first-order chi connectivity index (χ1) is 14.1. The Morgan fingerprint density at radius 3 is 2.59 bits per heavy atom. The van der Waals surface area contributed by atoms with E-state index < -0.39 is 0 Å². The van der Waals surface area contributed by atoms with E-state index >= 15 is 0 Å². The van der Waals surface area contributed by atoms with Crippen LogP contribution in [0.2, 0.25) is 0 Å². The van der Waals surface area contributed by atoms with Crippen LogP contribution >= 0.6 is 11.8 Å². The largest absolute Gasteiger partial charge is 0.496 e. The van der Waals surface area contributed by atoms with Gasteiger partial charge in [-0.2, -0.15) is 0 Å². The van der Waals surface area contributed by atoms with Gasteiger partial charge >= 0.3 is 0 Å². The Balaban J connectivity index is 1.47. The van der Waals surface area contributed by atoms with Gasteiger partial charge in [-0.1, -0.05) is 42.1 Å². The average molecular weight is 408 g/mol. The molecule has 6 heteroatoms. The third-order valence-corrected chi connectivity index (χ3v) is 5.62. The zero-order chi connectivity index (χ0) is 20.6.